The Bertz CT molecular complexity index is 401. The number of allylic oxidation sites excluding steroid dienone is 1. The molecule has 0 amide bonds. The van der Waals surface area contributed by atoms with Crippen LogP contribution in [0.2, 0.25) is 0 Å². The predicted molar refractivity (Wildman–Crippen MR) is 49.5 cm³/mol. The van der Waals surface area contributed by atoms with Crippen LogP contribution in [0, 0.1) is 0 Å². The van der Waals surface area contributed by atoms with Gasteiger partial charge in [0.25, 0.3) is 0 Å². The maximum absolute atomic E-state index is 3.03. The van der Waals surface area contributed by atoms with Gasteiger partial charge in [0.15, 0.2) is 0 Å². The molecule has 1 N–H and O–H groups in total. The van der Waals surface area contributed by atoms with Gasteiger partial charge in [-0.05, 0) is 23.9 Å². The Morgan fingerprint density at radius 1 is 1.45 bits per heavy atom. The van der Waals surface area contributed by atoms with Gasteiger partial charge in [-0.2, -0.15) is 0 Å². The van der Waals surface area contributed by atoms with Crippen molar-refractivity contribution in [1.82, 2.24) is 4.98 Å². The first-order valence-electron chi connectivity index (χ1n) is 3.82. The second-order valence-corrected chi connectivity index (χ2v) is 1.91. The van der Waals surface area contributed by atoms with E-state index >= 15 is 0 Å². The maximum Gasteiger partial charge on any atom is 0.0970 e. The van der Waals surface area contributed by atoms with Crippen LogP contribution < -0.4 is 10.6 Å². The lowest BCUT2D eigenvalue weighted by Gasteiger charge is -1.74. The predicted octanol–water partition coefficient (Wildman–Crippen LogP) is 1.17. The van der Waals surface area contributed by atoms with Crippen molar-refractivity contribution >= 4 is 11.8 Å². The molecule has 0 fully saturated rings. The minimum Gasteiger partial charge on any atom is -0.354 e. The molecule has 1 heterocycles. The highest BCUT2D eigenvalue weighted by atomic mass is 14.6. The number of rotatable bonds is 0. The van der Waals surface area contributed by atoms with Crippen LogP contribution >= 0.6 is 0 Å². The zero-order chi connectivity index (χ0) is 8.10. The van der Waals surface area contributed by atoms with Crippen LogP contribution in [-0.4, -0.2) is 4.98 Å². The number of aromatic nitrogens is 1. The van der Waals surface area contributed by atoms with Crippen molar-refractivity contribution in [2.24, 2.45) is 0 Å². The van der Waals surface area contributed by atoms with Gasteiger partial charge in [-0.25, -0.2) is 0 Å². The van der Waals surface area contributed by atoms with E-state index in [2.05, 4.69) is 16.4 Å². The molecule has 0 saturated heterocycles. The Kier molecular flexibility index (Phi) is 2.57. The molecule has 0 saturated carbocycles. The van der Waals surface area contributed by atoms with E-state index in [1.54, 1.807) is 0 Å². The van der Waals surface area contributed by atoms with Gasteiger partial charge in [0.05, 0.1) is 5.35 Å². The third kappa shape index (κ3) is 1.53. The summed E-state index contributed by atoms with van der Waals surface area (Å²) in [4.78, 5) is 3.03. The van der Waals surface area contributed by atoms with Gasteiger partial charge in [-0.1, -0.05) is 19.6 Å². The molecule has 1 heteroatoms. The standard InChI is InChI=1S/C8H5N.C2H6.H2/c1-2-4-8-7(3-1)5-6-9-8;1-2;/h1,3,5-6,9H;1-2H3;1H. The molecule has 58 valence electrons. The van der Waals surface area contributed by atoms with Crippen molar-refractivity contribution in [3.63, 3.8) is 0 Å². The zero-order valence-electron chi connectivity index (χ0n) is 6.81. The lowest BCUT2D eigenvalue weighted by atomic mass is 10.3. The minimum absolute atomic E-state index is 0. The molecule has 0 unspecified atom stereocenters. The van der Waals surface area contributed by atoms with Crippen molar-refractivity contribution in [2.75, 3.05) is 0 Å². The molecule has 0 bridgehead atoms. The average Bonchev–Trinajstić information content (AvgIpc) is 2.55. The lowest BCUT2D eigenvalue weighted by molar-refractivity contribution is 1.32. The van der Waals surface area contributed by atoms with Gasteiger partial charge < -0.3 is 4.98 Å². The number of aromatic amines is 1. The highest BCUT2D eigenvalue weighted by Gasteiger charge is 1.82. The van der Waals surface area contributed by atoms with E-state index in [1.165, 1.54) is 5.22 Å². The summed E-state index contributed by atoms with van der Waals surface area (Å²) in [5, 5.41) is 2.21. The van der Waals surface area contributed by atoms with Crippen LogP contribution in [0.4, 0.5) is 0 Å². The SMILES string of the molecule is C1=C=c2[nH]ccc2=CC=1.CC.[HH]. The van der Waals surface area contributed by atoms with Gasteiger partial charge in [0.1, 0.15) is 0 Å². The molecule has 1 aliphatic carbocycles. The Morgan fingerprint density at radius 2 is 2.27 bits per heavy atom. The van der Waals surface area contributed by atoms with Crippen LogP contribution in [0.3, 0.4) is 0 Å². The number of hydrogen-bond donors (Lipinski definition) is 1. The Morgan fingerprint density at radius 3 is 3.00 bits per heavy atom. The van der Waals surface area contributed by atoms with Crippen LogP contribution in [0.25, 0.3) is 11.8 Å². The number of nitrogens with one attached hydrogen (secondary N) is 1. The first-order valence-corrected chi connectivity index (χ1v) is 3.82. The molecule has 2 rings (SSSR count). The summed E-state index contributed by atoms with van der Waals surface area (Å²) in [5.41, 5.74) is 5.82. The molecule has 0 radical (unpaired) electrons. The van der Waals surface area contributed by atoms with E-state index < -0.39 is 0 Å². The van der Waals surface area contributed by atoms with Crippen LogP contribution in [-0.2, 0) is 0 Å². The quantitative estimate of drug-likeness (QED) is 0.530. The van der Waals surface area contributed by atoms with Crippen LogP contribution in [0.1, 0.15) is 15.3 Å². The van der Waals surface area contributed by atoms with Gasteiger partial charge in [0.2, 0.25) is 0 Å². The summed E-state index contributed by atoms with van der Waals surface area (Å²) < 4.78 is 0. The molecule has 1 nitrogen and oxygen atoms in total. The maximum atomic E-state index is 3.03. The highest BCUT2D eigenvalue weighted by molar-refractivity contribution is 5.42. The monoisotopic (exact) mass is 147 g/mol. The average molecular weight is 147 g/mol. The summed E-state index contributed by atoms with van der Waals surface area (Å²) in [6, 6.07) is 2.01. The van der Waals surface area contributed by atoms with Crippen molar-refractivity contribution in [2.45, 2.75) is 13.8 Å². The van der Waals surface area contributed by atoms with Crippen molar-refractivity contribution in [3.05, 3.63) is 34.6 Å². The zero-order valence-corrected chi connectivity index (χ0v) is 6.81. The van der Waals surface area contributed by atoms with E-state index in [4.69, 9.17) is 0 Å². The normalized spacial score (nSPS) is 10.4. The third-order valence-electron chi connectivity index (χ3n) is 1.32. The van der Waals surface area contributed by atoms with E-state index in [1.807, 2.05) is 38.3 Å². The summed E-state index contributed by atoms with van der Waals surface area (Å²) in [5.74, 6) is 0. The molecular weight excluding hydrogens is 134 g/mol. The smallest absolute Gasteiger partial charge is 0.0970 e. The first kappa shape index (κ1) is 7.68. The third-order valence-corrected chi connectivity index (χ3v) is 1.32. The fourth-order valence-electron chi connectivity index (χ4n) is 0.874. The topological polar surface area (TPSA) is 15.8 Å². The first-order chi connectivity index (χ1) is 5.47. The fourth-order valence-corrected chi connectivity index (χ4v) is 0.874. The molecule has 1 aromatic heterocycles. The van der Waals surface area contributed by atoms with E-state index in [9.17, 15) is 0 Å². The summed E-state index contributed by atoms with van der Waals surface area (Å²) in [7, 11) is 0. The number of H-pyrrole nitrogens is 1. The highest BCUT2D eigenvalue weighted by Crippen LogP contribution is 1.71. The van der Waals surface area contributed by atoms with Crippen molar-refractivity contribution in [3.8, 4) is 0 Å². The van der Waals surface area contributed by atoms with Gasteiger partial charge in [0, 0.05) is 12.8 Å². The summed E-state index contributed by atoms with van der Waals surface area (Å²) >= 11 is 0. The van der Waals surface area contributed by atoms with Crippen LogP contribution in [0.5, 0.6) is 0 Å². The molecule has 0 aromatic carbocycles. The van der Waals surface area contributed by atoms with E-state index in [0.29, 0.717) is 0 Å². The van der Waals surface area contributed by atoms with Gasteiger partial charge in [-0.15, -0.1) is 0 Å². The van der Waals surface area contributed by atoms with Crippen molar-refractivity contribution < 1.29 is 1.43 Å². The summed E-state index contributed by atoms with van der Waals surface area (Å²) in [6.45, 7) is 4.00. The Hall–Kier alpha value is -1.42. The molecule has 1 aliphatic rings. The molecule has 11 heavy (non-hydrogen) atoms. The van der Waals surface area contributed by atoms with Crippen LogP contribution in [0.15, 0.2) is 24.1 Å². The van der Waals surface area contributed by atoms with E-state index in [-0.39, 0.29) is 1.43 Å². The van der Waals surface area contributed by atoms with Gasteiger partial charge in [-0.3, -0.25) is 0 Å². The fraction of sp³-hybridized carbons (Fsp3) is 0.200. The molecule has 1 aromatic rings. The second-order valence-electron chi connectivity index (χ2n) is 1.91. The van der Waals surface area contributed by atoms with E-state index in [0.717, 1.165) is 5.35 Å². The largest absolute Gasteiger partial charge is 0.354 e. The lowest BCUT2D eigenvalue weighted by Crippen LogP contribution is -2.20. The minimum atomic E-state index is 0. The Balaban J connectivity index is 0.000000378. The molecule has 0 spiro atoms. The van der Waals surface area contributed by atoms with Gasteiger partial charge >= 0.3 is 0 Å². The Labute approximate surface area is 67.6 Å². The number of hydrogen-bond acceptors (Lipinski definition) is 0. The second kappa shape index (κ2) is 3.68. The molecule has 0 aliphatic heterocycles. The molecule has 0 atom stereocenters. The summed E-state index contributed by atoms with van der Waals surface area (Å²) in [6.07, 6.45) is 5.76. The number of fused-ring (bicyclic) bond motifs is 1. The van der Waals surface area contributed by atoms with Crippen molar-refractivity contribution in [1.29, 1.82) is 0 Å². The molecular formula is C10H13N.